The van der Waals surface area contributed by atoms with E-state index in [4.69, 9.17) is 18.0 Å². The highest BCUT2D eigenvalue weighted by molar-refractivity contribution is 7.80. The van der Waals surface area contributed by atoms with Crippen molar-refractivity contribution in [2.24, 2.45) is 5.73 Å². The normalized spacial score (nSPS) is 10.0. The Hall–Kier alpha value is -2.40. The van der Waals surface area contributed by atoms with Gasteiger partial charge in [-0.1, -0.05) is 30.4 Å². The molecule has 0 saturated carbocycles. The van der Waals surface area contributed by atoms with E-state index in [2.05, 4.69) is 10.6 Å². The van der Waals surface area contributed by atoms with Gasteiger partial charge in [-0.15, -0.1) is 0 Å². The highest BCUT2D eigenvalue weighted by atomic mass is 32.1. The van der Waals surface area contributed by atoms with Crippen LogP contribution in [0.25, 0.3) is 0 Å². The van der Waals surface area contributed by atoms with Crippen LogP contribution in [0.15, 0.2) is 42.5 Å². The summed E-state index contributed by atoms with van der Waals surface area (Å²) < 4.78 is 0. The summed E-state index contributed by atoms with van der Waals surface area (Å²) in [6.07, 6.45) is 0. The van der Waals surface area contributed by atoms with Crippen molar-refractivity contribution in [3.05, 3.63) is 53.6 Å². The van der Waals surface area contributed by atoms with Gasteiger partial charge in [0.25, 0.3) is 0 Å². The van der Waals surface area contributed by atoms with Gasteiger partial charge in [0.2, 0.25) is 5.91 Å². The third-order valence-electron chi connectivity index (χ3n) is 2.99. The number of anilines is 3. The van der Waals surface area contributed by atoms with Crippen molar-refractivity contribution < 1.29 is 4.79 Å². The van der Waals surface area contributed by atoms with Gasteiger partial charge in [0.15, 0.2) is 0 Å². The molecule has 0 fully saturated rings. The minimum atomic E-state index is -0.105. The smallest absolute Gasteiger partial charge is 0.221 e. The lowest BCUT2D eigenvalue weighted by Gasteiger charge is -2.15. The lowest BCUT2D eigenvalue weighted by atomic mass is 10.1. The quantitative estimate of drug-likeness (QED) is 0.758. The van der Waals surface area contributed by atoms with Crippen LogP contribution < -0.4 is 16.4 Å². The molecule has 0 heterocycles. The van der Waals surface area contributed by atoms with Crippen molar-refractivity contribution in [1.29, 1.82) is 0 Å². The van der Waals surface area contributed by atoms with E-state index in [-0.39, 0.29) is 5.91 Å². The Kier molecular flexibility index (Phi) is 4.55. The topological polar surface area (TPSA) is 67.2 Å². The molecule has 5 heteroatoms. The summed E-state index contributed by atoms with van der Waals surface area (Å²) in [4.78, 5) is 11.5. The first-order valence-electron chi connectivity index (χ1n) is 6.51. The van der Waals surface area contributed by atoms with Gasteiger partial charge >= 0.3 is 0 Å². The molecule has 0 aliphatic heterocycles. The molecule has 0 aliphatic rings. The van der Waals surface area contributed by atoms with E-state index in [9.17, 15) is 4.79 Å². The van der Waals surface area contributed by atoms with Gasteiger partial charge in [-0.25, -0.2) is 0 Å². The van der Waals surface area contributed by atoms with Gasteiger partial charge in [-0.05, 0) is 36.8 Å². The Morgan fingerprint density at radius 2 is 1.81 bits per heavy atom. The summed E-state index contributed by atoms with van der Waals surface area (Å²) in [5.41, 5.74) is 10.1. The monoisotopic (exact) mass is 299 g/mol. The first-order valence-corrected chi connectivity index (χ1v) is 6.92. The Morgan fingerprint density at radius 3 is 2.48 bits per heavy atom. The number of thiocarbonyl (C=S) groups is 1. The minimum Gasteiger partial charge on any atom is -0.389 e. The molecule has 2 rings (SSSR count). The number of hydrogen-bond donors (Lipinski definition) is 3. The molecule has 0 aliphatic carbocycles. The van der Waals surface area contributed by atoms with Crippen LogP contribution >= 0.6 is 12.2 Å². The third-order valence-corrected chi connectivity index (χ3v) is 3.21. The molecule has 0 bridgehead atoms. The standard InChI is InChI=1S/C16H17N3OS/c1-10-5-3-8-14(16(17)21)15(10)19-13-7-4-6-12(9-13)18-11(2)20/h3-9,19H,1-2H3,(H2,17,21)(H,18,20). The molecular formula is C16H17N3OS. The van der Waals surface area contributed by atoms with Gasteiger partial charge in [-0.2, -0.15) is 0 Å². The van der Waals surface area contributed by atoms with Crippen LogP contribution in [0.4, 0.5) is 17.1 Å². The van der Waals surface area contributed by atoms with Crippen molar-refractivity contribution >= 4 is 40.2 Å². The maximum absolute atomic E-state index is 11.1. The molecule has 2 aromatic carbocycles. The Morgan fingerprint density at radius 1 is 1.14 bits per heavy atom. The van der Waals surface area contributed by atoms with E-state index in [1.807, 2.05) is 49.4 Å². The summed E-state index contributed by atoms with van der Waals surface area (Å²) in [5, 5.41) is 6.07. The van der Waals surface area contributed by atoms with Gasteiger partial charge < -0.3 is 16.4 Å². The molecule has 2 aromatic rings. The highest BCUT2D eigenvalue weighted by Crippen LogP contribution is 2.26. The fourth-order valence-electron chi connectivity index (χ4n) is 2.06. The van der Waals surface area contributed by atoms with Crippen LogP contribution in [0.1, 0.15) is 18.1 Å². The highest BCUT2D eigenvalue weighted by Gasteiger charge is 2.08. The number of rotatable bonds is 4. The van der Waals surface area contributed by atoms with Crippen molar-refractivity contribution in [2.75, 3.05) is 10.6 Å². The largest absolute Gasteiger partial charge is 0.389 e. The number of carbonyl (C=O) groups excluding carboxylic acids is 1. The van der Waals surface area contributed by atoms with E-state index >= 15 is 0 Å². The second kappa shape index (κ2) is 6.37. The van der Waals surface area contributed by atoms with Crippen LogP contribution in [0.3, 0.4) is 0 Å². The van der Waals surface area contributed by atoms with Crippen molar-refractivity contribution in [1.82, 2.24) is 0 Å². The molecule has 21 heavy (non-hydrogen) atoms. The Bertz CT molecular complexity index is 698. The summed E-state index contributed by atoms with van der Waals surface area (Å²) in [6.45, 7) is 3.47. The maximum Gasteiger partial charge on any atom is 0.221 e. The lowest BCUT2D eigenvalue weighted by Crippen LogP contribution is -2.12. The zero-order valence-corrected chi connectivity index (χ0v) is 12.8. The number of nitrogens with two attached hydrogens (primary N) is 1. The van der Waals surface area contributed by atoms with Crippen LogP contribution in [0.5, 0.6) is 0 Å². The van der Waals surface area contributed by atoms with Crippen LogP contribution in [0.2, 0.25) is 0 Å². The lowest BCUT2D eigenvalue weighted by molar-refractivity contribution is -0.114. The summed E-state index contributed by atoms with van der Waals surface area (Å²) >= 11 is 5.09. The van der Waals surface area contributed by atoms with Crippen LogP contribution in [-0.4, -0.2) is 10.9 Å². The van der Waals surface area contributed by atoms with Gasteiger partial charge in [0.05, 0.1) is 5.69 Å². The molecule has 108 valence electrons. The number of nitrogens with one attached hydrogen (secondary N) is 2. The second-order valence-corrected chi connectivity index (χ2v) is 5.19. The molecule has 0 saturated heterocycles. The molecule has 0 radical (unpaired) electrons. The summed E-state index contributed by atoms with van der Waals surface area (Å²) in [5.74, 6) is -0.105. The maximum atomic E-state index is 11.1. The number of para-hydroxylation sites is 1. The fraction of sp³-hybridized carbons (Fsp3) is 0.125. The molecule has 0 unspecified atom stereocenters. The van der Waals surface area contributed by atoms with E-state index in [1.165, 1.54) is 6.92 Å². The number of hydrogen-bond acceptors (Lipinski definition) is 3. The van der Waals surface area contributed by atoms with E-state index in [0.717, 1.165) is 28.2 Å². The number of aryl methyl sites for hydroxylation is 1. The van der Waals surface area contributed by atoms with E-state index in [1.54, 1.807) is 0 Å². The first kappa shape index (κ1) is 15.0. The van der Waals surface area contributed by atoms with Crippen LogP contribution in [0, 0.1) is 6.92 Å². The predicted molar refractivity (Wildman–Crippen MR) is 91.1 cm³/mol. The van der Waals surface area contributed by atoms with Crippen molar-refractivity contribution in [3.63, 3.8) is 0 Å². The van der Waals surface area contributed by atoms with Gasteiger partial charge in [0.1, 0.15) is 4.99 Å². The average Bonchev–Trinajstić information content (AvgIpc) is 2.40. The SMILES string of the molecule is CC(=O)Nc1cccc(Nc2c(C)cccc2C(N)=S)c1. The molecule has 0 atom stereocenters. The first-order chi connectivity index (χ1) is 9.97. The Balaban J connectivity index is 2.34. The molecular weight excluding hydrogens is 282 g/mol. The van der Waals surface area contributed by atoms with Gasteiger partial charge in [0, 0.05) is 23.9 Å². The van der Waals surface area contributed by atoms with E-state index in [0.29, 0.717) is 4.99 Å². The number of carbonyl (C=O) groups is 1. The fourth-order valence-corrected chi connectivity index (χ4v) is 2.23. The third kappa shape index (κ3) is 3.79. The average molecular weight is 299 g/mol. The molecule has 0 spiro atoms. The van der Waals surface area contributed by atoms with Crippen LogP contribution in [-0.2, 0) is 4.79 Å². The van der Waals surface area contributed by atoms with Crippen molar-refractivity contribution in [3.8, 4) is 0 Å². The minimum absolute atomic E-state index is 0.105. The molecule has 1 amide bonds. The molecule has 4 nitrogen and oxygen atoms in total. The second-order valence-electron chi connectivity index (χ2n) is 4.75. The van der Waals surface area contributed by atoms with E-state index < -0.39 is 0 Å². The zero-order chi connectivity index (χ0) is 15.4. The summed E-state index contributed by atoms with van der Waals surface area (Å²) in [7, 11) is 0. The van der Waals surface area contributed by atoms with Gasteiger partial charge in [-0.3, -0.25) is 4.79 Å². The summed E-state index contributed by atoms with van der Waals surface area (Å²) in [6, 6.07) is 13.3. The van der Waals surface area contributed by atoms with Crippen molar-refractivity contribution in [2.45, 2.75) is 13.8 Å². The molecule has 4 N–H and O–H groups in total. The number of amides is 1. The number of benzene rings is 2. The Labute approximate surface area is 129 Å². The zero-order valence-electron chi connectivity index (χ0n) is 11.9. The molecule has 0 aromatic heterocycles. The predicted octanol–water partition coefficient (Wildman–Crippen LogP) is 3.33.